The summed E-state index contributed by atoms with van der Waals surface area (Å²) in [6, 6.07) is 3.23. The fourth-order valence-electron chi connectivity index (χ4n) is 3.37. The first-order valence-corrected chi connectivity index (χ1v) is 9.48. The molecule has 7 nitrogen and oxygen atoms in total. The zero-order valence-electron chi connectivity index (χ0n) is 16.8. The molecule has 28 heavy (non-hydrogen) atoms. The molecule has 0 atom stereocenters. The minimum atomic E-state index is -0.412. The normalized spacial score (nSPS) is 15.0. The van der Waals surface area contributed by atoms with E-state index >= 15 is 0 Å². The second kappa shape index (κ2) is 8.22. The fourth-order valence-corrected chi connectivity index (χ4v) is 3.37. The Morgan fingerprint density at radius 3 is 2.86 bits per heavy atom. The molecule has 0 radical (unpaired) electrons. The molecule has 1 amide bonds. The van der Waals surface area contributed by atoms with Gasteiger partial charge in [-0.2, -0.15) is 0 Å². The van der Waals surface area contributed by atoms with Gasteiger partial charge in [0.15, 0.2) is 6.61 Å². The number of benzene rings is 1. The number of hydrogen-bond donors (Lipinski definition) is 1. The molecule has 0 fully saturated rings. The van der Waals surface area contributed by atoms with Crippen LogP contribution in [0, 0.1) is 6.92 Å². The number of hydrogen-bond acceptors (Lipinski definition) is 6. The molecular weight excluding hydrogens is 362 g/mol. The number of rotatable bonds is 7. The summed E-state index contributed by atoms with van der Waals surface area (Å²) in [4.78, 5) is 24.0. The number of carbonyl (C=O) groups is 1. The maximum atomic E-state index is 12.1. The van der Waals surface area contributed by atoms with Crippen LogP contribution in [-0.4, -0.2) is 38.4 Å². The first kappa shape index (κ1) is 20.2. The number of aryl methyl sites for hydroxylation is 2. The number of amides is 1. The second-order valence-electron chi connectivity index (χ2n) is 7.65. The number of ether oxygens (including phenoxy) is 3. The van der Waals surface area contributed by atoms with Crippen molar-refractivity contribution in [3.8, 4) is 11.5 Å². The Morgan fingerprint density at radius 2 is 2.11 bits per heavy atom. The van der Waals surface area contributed by atoms with Gasteiger partial charge >= 0.3 is 5.63 Å². The zero-order valence-corrected chi connectivity index (χ0v) is 16.8. The van der Waals surface area contributed by atoms with Crippen molar-refractivity contribution < 1.29 is 23.4 Å². The summed E-state index contributed by atoms with van der Waals surface area (Å²) >= 11 is 0. The third-order valence-corrected chi connectivity index (χ3v) is 4.81. The van der Waals surface area contributed by atoms with Crippen LogP contribution in [0.4, 0.5) is 0 Å². The number of nitrogens with one attached hydrogen (secondary N) is 1. The predicted molar refractivity (Wildman–Crippen MR) is 105 cm³/mol. The van der Waals surface area contributed by atoms with Crippen molar-refractivity contribution >= 4 is 16.9 Å². The molecular formula is C21H27NO6. The SMILES string of the molecule is COCCCNC(=O)COc1cc2c(c3oc(=O)cc(C)c13)CCC(C)(C)O2. The van der Waals surface area contributed by atoms with Crippen LogP contribution in [0.1, 0.15) is 37.8 Å². The van der Waals surface area contributed by atoms with Gasteiger partial charge in [-0.25, -0.2) is 4.79 Å². The van der Waals surface area contributed by atoms with Crippen molar-refractivity contribution in [3.63, 3.8) is 0 Å². The average molecular weight is 389 g/mol. The fraction of sp³-hybridized carbons (Fsp3) is 0.524. The average Bonchev–Trinajstić information content (AvgIpc) is 2.61. The van der Waals surface area contributed by atoms with Crippen LogP contribution in [0.5, 0.6) is 11.5 Å². The smallest absolute Gasteiger partial charge is 0.336 e. The molecule has 2 heterocycles. The lowest BCUT2D eigenvalue weighted by atomic mass is 9.92. The van der Waals surface area contributed by atoms with E-state index in [2.05, 4.69) is 5.32 Å². The van der Waals surface area contributed by atoms with Crippen molar-refractivity contribution in [1.29, 1.82) is 0 Å². The summed E-state index contributed by atoms with van der Waals surface area (Å²) in [5.41, 5.74) is 1.36. The van der Waals surface area contributed by atoms with Gasteiger partial charge in [-0.15, -0.1) is 0 Å². The number of methoxy groups -OCH3 is 1. The van der Waals surface area contributed by atoms with Gasteiger partial charge in [0.25, 0.3) is 5.91 Å². The highest BCUT2D eigenvalue weighted by molar-refractivity contribution is 5.91. The topological polar surface area (TPSA) is 87.0 Å². The molecule has 0 aliphatic carbocycles. The Kier molecular flexibility index (Phi) is 5.93. The molecule has 0 spiro atoms. The summed E-state index contributed by atoms with van der Waals surface area (Å²) in [6.07, 6.45) is 2.29. The maximum absolute atomic E-state index is 12.1. The minimum absolute atomic E-state index is 0.136. The Morgan fingerprint density at radius 1 is 1.32 bits per heavy atom. The van der Waals surface area contributed by atoms with Gasteiger partial charge in [-0.1, -0.05) is 0 Å². The zero-order chi connectivity index (χ0) is 20.3. The molecule has 2 aromatic rings. The molecule has 1 aromatic heterocycles. The van der Waals surface area contributed by atoms with Gasteiger partial charge in [0.2, 0.25) is 0 Å². The summed E-state index contributed by atoms with van der Waals surface area (Å²) in [5, 5.41) is 3.49. The van der Waals surface area contributed by atoms with Crippen molar-refractivity contribution in [2.45, 2.75) is 45.6 Å². The molecule has 152 valence electrons. The minimum Gasteiger partial charge on any atom is -0.487 e. The van der Waals surface area contributed by atoms with E-state index in [0.29, 0.717) is 35.6 Å². The Balaban J connectivity index is 1.89. The highest BCUT2D eigenvalue weighted by atomic mass is 16.5. The standard InChI is InChI=1S/C21H27NO6/c1-13-10-18(24)27-20-14-6-7-21(2,3)28-15(14)11-16(19(13)20)26-12-17(23)22-8-5-9-25-4/h10-11H,5-9,12H2,1-4H3,(H,22,23). The van der Waals surface area contributed by atoms with E-state index in [4.69, 9.17) is 18.6 Å². The van der Waals surface area contributed by atoms with Crippen molar-refractivity contribution in [3.05, 3.63) is 33.7 Å². The van der Waals surface area contributed by atoms with Crippen LogP contribution in [-0.2, 0) is 16.0 Å². The molecule has 7 heteroatoms. The Bertz CT molecular complexity index is 931. The lowest BCUT2D eigenvalue weighted by Crippen LogP contribution is -2.33. The van der Waals surface area contributed by atoms with E-state index in [9.17, 15) is 9.59 Å². The first-order valence-electron chi connectivity index (χ1n) is 9.48. The molecule has 0 unspecified atom stereocenters. The van der Waals surface area contributed by atoms with Crippen LogP contribution < -0.4 is 20.4 Å². The van der Waals surface area contributed by atoms with E-state index in [1.807, 2.05) is 20.8 Å². The van der Waals surface area contributed by atoms with E-state index in [1.54, 1.807) is 13.2 Å². The van der Waals surface area contributed by atoms with E-state index in [-0.39, 0.29) is 18.1 Å². The predicted octanol–water partition coefficient (Wildman–Crippen LogP) is 2.74. The molecule has 1 aliphatic heterocycles. The molecule has 1 N–H and O–H groups in total. The van der Waals surface area contributed by atoms with Crippen molar-refractivity contribution in [1.82, 2.24) is 5.32 Å². The summed E-state index contributed by atoms with van der Waals surface area (Å²) < 4.78 is 22.4. The van der Waals surface area contributed by atoms with Crippen LogP contribution in [0.2, 0.25) is 0 Å². The molecule has 0 saturated carbocycles. The van der Waals surface area contributed by atoms with Crippen LogP contribution >= 0.6 is 0 Å². The molecule has 0 bridgehead atoms. The summed E-state index contributed by atoms with van der Waals surface area (Å²) in [7, 11) is 1.62. The Hall–Kier alpha value is -2.54. The summed E-state index contributed by atoms with van der Waals surface area (Å²) in [6.45, 7) is 6.83. The van der Waals surface area contributed by atoms with E-state index < -0.39 is 5.63 Å². The highest BCUT2D eigenvalue weighted by Gasteiger charge is 2.30. The first-order chi connectivity index (χ1) is 13.3. The van der Waals surface area contributed by atoms with Gasteiger partial charge in [0.05, 0.1) is 5.39 Å². The quantitative estimate of drug-likeness (QED) is 0.579. The van der Waals surface area contributed by atoms with Gasteiger partial charge in [0, 0.05) is 38.0 Å². The van der Waals surface area contributed by atoms with Gasteiger partial charge in [-0.3, -0.25) is 4.79 Å². The Labute approximate surface area is 164 Å². The van der Waals surface area contributed by atoms with E-state index in [1.165, 1.54) is 6.07 Å². The van der Waals surface area contributed by atoms with E-state index in [0.717, 1.165) is 30.4 Å². The maximum Gasteiger partial charge on any atom is 0.336 e. The number of fused-ring (bicyclic) bond motifs is 3. The van der Waals surface area contributed by atoms with Crippen LogP contribution in [0.3, 0.4) is 0 Å². The summed E-state index contributed by atoms with van der Waals surface area (Å²) in [5.74, 6) is 0.881. The van der Waals surface area contributed by atoms with Crippen LogP contribution in [0.15, 0.2) is 21.3 Å². The lowest BCUT2D eigenvalue weighted by Gasteiger charge is -2.33. The lowest BCUT2D eigenvalue weighted by molar-refractivity contribution is -0.123. The largest absolute Gasteiger partial charge is 0.487 e. The second-order valence-corrected chi connectivity index (χ2v) is 7.65. The third-order valence-electron chi connectivity index (χ3n) is 4.81. The van der Waals surface area contributed by atoms with Crippen LogP contribution in [0.25, 0.3) is 11.0 Å². The van der Waals surface area contributed by atoms with Gasteiger partial charge in [0.1, 0.15) is 22.7 Å². The number of carbonyl (C=O) groups excluding carboxylic acids is 1. The molecule has 1 aromatic carbocycles. The highest BCUT2D eigenvalue weighted by Crippen LogP contribution is 2.42. The van der Waals surface area contributed by atoms with Crippen molar-refractivity contribution in [2.24, 2.45) is 0 Å². The molecule has 0 saturated heterocycles. The van der Waals surface area contributed by atoms with Gasteiger partial charge in [-0.05, 0) is 45.6 Å². The monoisotopic (exact) mass is 389 g/mol. The molecule has 1 aliphatic rings. The third kappa shape index (κ3) is 4.47. The van der Waals surface area contributed by atoms with Crippen molar-refractivity contribution in [2.75, 3.05) is 26.9 Å². The van der Waals surface area contributed by atoms with Gasteiger partial charge < -0.3 is 23.9 Å². The molecule has 3 rings (SSSR count).